The van der Waals surface area contributed by atoms with Gasteiger partial charge in [0.25, 0.3) is 0 Å². The first-order chi connectivity index (χ1) is 6.15. The van der Waals surface area contributed by atoms with Gasteiger partial charge in [-0.2, -0.15) is 0 Å². The molecule has 1 rings (SSSR count). The van der Waals surface area contributed by atoms with E-state index in [4.69, 9.17) is 5.73 Å². The Hall–Kier alpha value is -1.06. The average molecular weight is 216 g/mol. The quantitative estimate of drug-likeness (QED) is 0.763. The van der Waals surface area contributed by atoms with Crippen molar-refractivity contribution in [3.8, 4) is 0 Å². The number of hydrogen-bond donors (Lipinski definition) is 1. The van der Waals surface area contributed by atoms with Crippen LogP contribution in [0, 0.1) is 6.92 Å². The van der Waals surface area contributed by atoms with E-state index in [0.29, 0.717) is 0 Å². The minimum atomic E-state index is -0.676. The Bertz CT molecular complexity index is 315. The van der Waals surface area contributed by atoms with E-state index in [1.54, 1.807) is 0 Å². The van der Waals surface area contributed by atoms with Gasteiger partial charge in [0.1, 0.15) is 6.04 Å². The van der Waals surface area contributed by atoms with Crippen LogP contribution in [0.5, 0.6) is 0 Å². The predicted octanol–water partition coefficient (Wildman–Crippen LogP) is 1.59. The highest BCUT2D eigenvalue weighted by Crippen LogP contribution is 2.12. The lowest BCUT2D eigenvalue weighted by Gasteiger charge is -2.09. The molecule has 3 nitrogen and oxygen atoms in total. The van der Waals surface area contributed by atoms with E-state index in [1.165, 1.54) is 7.11 Å². The summed E-state index contributed by atoms with van der Waals surface area (Å²) in [5, 5.41) is 0. The van der Waals surface area contributed by atoms with E-state index in [-0.39, 0.29) is 12.4 Å². The van der Waals surface area contributed by atoms with Gasteiger partial charge in [-0.1, -0.05) is 29.8 Å². The number of hydrogen-bond acceptors (Lipinski definition) is 3. The zero-order valence-corrected chi connectivity index (χ0v) is 9.01. The molecular weight excluding hydrogens is 202 g/mol. The SMILES string of the molecule is COC(=O)C(N)c1cccc(C)c1.Cl. The second-order valence-electron chi connectivity index (χ2n) is 2.91. The fourth-order valence-electron chi connectivity index (χ4n) is 1.13. The summed E-state index contributed by atoms with van der Waals surface area (Å²) in [6.45, 7) is 1.95. The van der Waals surface area contributed by atoms with Crippen LogP contribution in [0.1, 0.15) is 17.2 Å². The average Bonchev–Trinajstić information content (AvgIpc) is 2.15. The van der Waals surface area contributed by atoms with Crippen LogP contribution in [-0.4, -0.2) is 13.1 Å². The molecule has 2 N–H and O–H groups in total. The van der Waals surface area contributed by atoms with Gasteiger partial charge in [0, 0.05) is 0 Å². The molecule has 0 fully saturated rings. The largest absolute Gasteiger partial charge is 0.468 e. The van der Waals surface area contributed by atoms with Crippen molar-refractivity contribution in [2.45, 2.75) is 13.0 Å². The number of benzene rings is 1. The third-order valence-corrected chi connectivity index (χ3v) is 1.86. The molecule has 78 valence electrons. The molecule has 0 heterocycles. The van der Waals surface area contributed by atoms with Gasteiger partial charge in [0.2, 0.25) is 0 Å². The van der Waals surface area contributed by atoms with Crippen LogP contribution in [0.4, 0.5) is 0 Å². The second kappa shape index (κ2) is 5.62. The topological polar surface area (TPSA) is 52.3 Å². The number of halogens is 1. The highest BCUT2D eigenvalue weighted by molar-refractivity contribution is 5.85. The van der Waals surface area contributed by atoms with Crippen LogP contribution in [-0.2, 0) is 9.53 Å². The predicted molar refractivity (Wildman–Crippen MR) is 57.4 cm³/mol. The van der Waals surface area contributed by atoms with Gasteiger partial charge in [-0.25, -0.2) is 0 Å². The third kappa shape index (κ3) is 3.01. The Labute approximate surface area is 89.7 Å². The van der Waals surface area contributed by atoms with E-state index >= 15 is 0 Å². The fraction of sp³-hybridized carbons (Fsp3) is 0.300. The summed E-state index contributed by atoms with van der Waals surface area (Å²) in [5.74, 6) is -0.411. The summed E-state index contributed by atoms with van der Waals surface area (Å²) in [5.41, 5.74) is 7.51. The van der Waals surface area contributed by atoms with Crippen LogP contribution >= 0.6 is 12.4 Å². The Morgan fingerprint density at radius 1 is 1.50 bits per heavy atom. The van der Waals surface area contributed by atoms with Crippen molar-refractivity contribution >= 4 is 18.4 Å². The molecule has 0 saturated heterocycles. The first-order valence-electron chi connectivity index (χ1n) is 4.05. The fourth-order valence-corrected chi connectivity index (χ4v) is 1.13. The zero-order chi connectivity index (χ0) is 9.84. The van der Waals surface area contributed by atoms with E-state index in [2.05, 4.69) is 4.74 Å². The van der Waals surface area contributed by atoms with Gasteiger partial charge >= 0.3 is 5.97 Å². The highest BCUT2D eigenvalue weighted by Gasteiger charge is 2.15. The summed E-state index contributed by atoms with van der Waals surface area (Å²) in [6, 6.07) is 6.84. The lowest BCUT2D eigenvalue weighted by Crippen LogP contribution is -2.22. The van der Waals surface area contributed by atoms with Crippen LogP contribution in [0.2, 0.25) is 0 Å². The van der Waals surface area contributed by atoms with Gasteiger partial charge in [-0.05, 0) is 12.5 Å². The van der Waals surface area contributed by atoms with Crippen LogP contribution in [0.25, 0.3) is 0 Å². The molecule has 0 amide bonds. The van der Waals surface area contributed by atoms with Gasteiger partial charge in [0.15, 0.2) is 0 Å². The lowest BCUT2D eigenvalue weighted by atomic mass is 10.1. The first kappa shape index (κ1) is 12.9. The van der Waals surface area contributed by atoms with Crippen molar-refractivity contribution in [2.24, 2.45) is 5.73 Å². The molecule has 14 heavy (non-hydrogen) atoms. The monoisotopic (exact) mass is 215 g/mol. The number of aryl methyl sites for hydroxylation is 1. The van der Waals surface area contributed by atoms with Crippen molar-refractivity contribution in [2.75, 3.05) is 7.11 Å². The number of esters is 1. The first-order valence-corrected chi connectivity index (χ1v) is 4.05. The van der Waals surface area contributed by atoms with Crippen molar-refractivity contribution in [1.82, 2.24) is 0 Å². The standard InChI is InChI=1S/C10H13NO2.ClH/c1-7-4-3-5-8(6-7)9(11)10(12)13-2;/h3-6,9H,11H2,1-2H3;1H. The van der Waals surface area contributed by atoms with Crippen molar-refractivity contribution in [3.05, 3.63) is 35.4 Å². The highest BCUT2D eigenvalue weighted by atomic mass is 35.5. The number of ether oxygens (including phenoxy) is 1. The van der Waals surface area contributed by atoms with Gasteiger partial charge in [-0.3, -0.25) is 4.79 Å². The zero-order valence-electron chi connectivity index (χ0n) is 8.19. The van der Waals surface area contributed by atoms with Crippen LogP contribution < -0.4 is 5.73 Å². The number of nitrogens with two attached hydrogens (primary N) is 1. The molecule has 1 unspecified atom stereocenters. The minimum absolute atomic E-state index is 0. The summed E-state index contributed by atoms with van der Waals surface area (Å²) in [4.78, 5) is 11.1. The molecule has 0 radical (unpaired) electrons. The molecule has 1 aromatic rings. The molecule has 0 aliphatic heterocycles. The molecule has 1 atom stereocenters. The van der Waals surface area contributed by atoms with Crippen molar-refractivity contribution in [1.29, 1.82) is 0 Å². The van der Waals surface area contributed by atoms with Crippen molar-refractivity contribution in [3.63, 3.8) is 0 Å². The second-order valence-corrected chi connectivity index (χ2v) is 2.91. The third-order valence-electron chi connectivity index (χ3n) is 1.86. The summed E-state index contributed by atoms with van der Waals surface area (Å²) in [7, 11) is 1.33. The summed E-state index contributed by atoms with van der Waals surface area (Å²) in [6.07, 6.45) is 0. The molecule has 0 aliphatic rings. The molecule has 0 saturated carbocycles. The van der Waals surface area contributed by atoms with E-state index in [1.807, 2.05) is 31.2 Å². The summed E-state index contributed by atoms with van der Waals surface area (Å²) >= 11 is 0. The maximum atomic E-state index is 11.1. The van der Waals surface area contributed by atoms with E-state index < -0.39 is 12.0 Å². The van der Waals surface area contributed by atoms with E-state index in [0.717, 1.165) is 11.1 Å². The Kier molecular flexibility index (Phi) is 5.20. The van der Waals surface area contributed by atoms with Crippen LogP contribution in [0.3, 0.4) is 0 Å². The Balaban J connectivity index is 0.00000169. The van der Waals surface area contributed by atoms with Crippen LogP contribution in [0.15, 0.2) is 24.3 Å². The maximum Gasteiger partial charge on any atom is 0.327 e. The molecular formula is C10H14ClNO2. The molecule has 4 heteroatoms. The van der Waals surface area contributed by atoms with Crippen molar-refractivity contribution < 1.29 is 9.53 Å². The number of carbonyl (C=O) groups excluding carboxylic acids is 1. The van der Waals surface area contributed by atoms with Gasteiger partial charge in [-0.15, -0.1) is 12.4 Å². The smallest absolute Gasteiger partial charge is 0.327 e. The maximum absolute atomic E-state index is 11.1. The Morgan fingerprint density at radius 2 is 2.14 bits per heavy atom. The molecule has 0 spiro atoms. The molecule has 0 bridgehead atoms. The van der Waals surface area contributed by atoms with Gasteiger partial charge < -0.3 is 10.5 Å². The number of carbonyl (C=O) groups is 1. The van der Waals surface area contributed by atoms with Gasteiger partial charge in [0.05, 0.1) is 7.11 Å². The number of rotatable bonds is 2. The molecule has 1 aromatic carbocycles. The lowest BCUT2D eigenvalue weighted by molar-refractivity contribution is -0.142. The molecule has 0 aliphatic carbocycles. The molecule has 0 aromatic heterocycles. The Morgan fingerprint density at radius 3 is 2.64 bits per heavy atom. The van der Waals surface area contributed by atoms with E-state index in [9.17, 15) is 4.79 Å². The minimum Gasteiger partial charge on any atom is -0.468 e. The number of methoxy groups -OCH3 is 1. The normalized spacial score (nSPS) is 11.4. The summed E-state index contributed by atoms with van der Waals surface area (Å²) < 4.78 is 4.54.